The number of hydrogen-bond acceptors (Lipinski definition) is 6. The zero-order valence-corrected chi connectivity index (χ0v) is 14.1. The van der Waals surface area contributed by atoms with E-state index in [1.807, 2.05) is 39.0 Å². The van der Waals surface area contributed by atoms with Crippen LogP contribution in [0.4, 0.5) is 5.69 Å². The molecule has 1 aliphatic heterocycles. The summed E-state index contributed by atoms with van der Waals surface area (Å²) in [5.41, 5.74) is 2.71. The Hall–Kier alpha value is -1.73. The number of thioether (sulfide) groups is 1. The van der Waals surface area contributed by atoms with E-state index in [9.17, 15) is 9.59 Å². The molecule has 22 heavy (non-hydrogen) atoms. The van der Waals surface area contributed by atoms with Gasteiger partial charge in [0.1, 0.15) is 10.3 Å². The lowest BCUT2D eigenvalue weighted by molar-refractivity contribution is -0.121. The van der Waals surface area contributed by atoms with Gasteiger partial charge in [-0.15, -0.1) is 10.2 Å². The predicted molar refractivity (Wildman–Crippen MR) is 87.3 cm³/mol. The Labute approximate surface area is 136 Å². The van der Waals surface area contributed by atoms with Crippen LogP contribution in [0.3, 0.4) is 0 Å². The molecule has 0 saturated carbocycles. The Kier molecular flexibility index (Phi) is 4.01. The number of carbonyl (C=O) groups is 2. The molecule has 0 radical (unpaired) electrons. The molecule has 0 bridgehead atoms. The molecule has 0 aliphatic carbocycles. The maximum atomic E-state index is 12.6. The molecule has 3 rings (SSSR count). The van der Waals surface area contributed by atoms with Gasteiger partial charge >= 0.3 is 0 Å². The quantitative estimate of drug-likeness (QED) is 0.808. The molecule has 2 amide bonds. The molecule has 1 atom stereocenters. The molecule has 1 aromatic carbocycles. The van der Waals surface area contributed by atoms with Gasteiger partial charge in [0.05, 0.1) is 5.69 Å². The van der Waals surface area contributed by atoms with Crippen molar-refractivity contribution in [3.8, 4) is 0 Å². The number of carbonyl (C=O) groups excluding carboxylic acids is 2. The molecular formula is C15H15N3O2S2. The van der Waals surface area contributed by atoms with Gasteiger partial charge in [0.25, 0.3) is 0 Å². The highest BCUT2D eigenvalue weighted by Gasteiger charge is 2.41. The summed E-state index contributed by atoms with van der Waals surface area (Å²) in [5, 5.41) is 8.39. The van der Waals surface area contributed by atoms with E-state index in [2.05, 4.69) is 10.2 Å². The van der Waals surface area contributed by atoms with E-state index in [1.165, 1.54) is 28.0 Å². The molecule has 2 heterocycles. The second kappa shape index (κ2) is 5.81. The number of imide groups is 1. The molecule has 5 nitrogen and oxygen atoms in total. The highest BCUT2D eigenvalue weighted by Crippen LogP contribution is 2.36. The van der Waals surface area contributed by atoms with Crippen LogP contribution in [-0.2, 0) is 9.59 Å². The van der Waals surface area contributed by atoms with E-state index in [4.69, 9.17) is 0 Å². The van der Waals surface area contributed by atoms with Gasteiger partial charge in [0.15, 0.2) is 4.34 Å². The largest absolute Gasteiger partial charge is 0.274 e. The molecular weight excluding hydrogens is 318 g/mol. The van der Waals surface area contributed by atoms with Gasteiger partial charge in [0.2, 0.25) is 11.8 Å². The molecule has 1 fully saturated rings. The van der Waals surface area contributed by atoms with E-state index in [0.717, 1.165) is 20.5 Å². The number of benzene rings is 1. The Balaban J connectivity index is 1.85. The average molecular weight is 333 g/mol. The molecule has 1 aliphatic rings. The van der Waals surface area contributed by atoms with Crippen LogP contribution in [0.15, 0.2) is 22.5 Å². The summed E-state index contributed by atoms with van der Waals surface area (Å²) in [6.45, 7) is 5.77. The Bertz CT molecular complexity index is 757. The lowest BCUT2D eigenvalue weighted by Gasteiger charge is -2.17. The fourth-order valence-electron chi connectivity index (χ4n) is 2.45. The molecule has 1 saturated heterocycles. The fourth-order valence-corrected chi connectivity index (χ4v) is 4.54. The van der Waals surface area contributed by atoms with Crippen LogP contribution < -0.4 is 4.90 Å². The van der Waals surface area contributed by atoms with Crippen molar-refractivity contribution in [2.75, 3.05) is 4.90 Å². The van der Waals surface area contributed by atoms with E-state index in [-0.39, 0.29) is 18.2 Å². The molecule has 114 valence electrons. The van der Waals surface area contributed by atoms with Gasteiger partial charge < -0.3 is 0 Å². The first kappa shape index (κ1) is 15.2. The SMILES string of the molecule is Cc1ccc(N2C(=O)C[C@H](Sc3nnc(C)s3)C2=O)c(C)c1. The van der Waals surface area contributed by atoms with Gasteiger partial charge in [-0.05, 0) is 32.4 Å². The number of amides is 2. The first-order valence-electron chi connectivity index (χ1n) is 6.86. The summed E-state index contributed by atoms with van der Waals surface area (Å²) in [6.07, 6.45) is 0.204. The summed E-state index contributed by atoms with van der Waals surface area (Å²) in [4.78, 5) is 26.2. The molecule has 2 aromatic rings. The maximum Gasteiger partial charge on any atom is 0.247 e. The smallest absolute Gasteiger partial charge is 0.247 e. The van der Waals surface area contributed by atoms with E-state index < -0.39 is 5.25 Å². The van der Waals surface area contributed by atoms with Crippen molar-refractivity contribution in [3.05, 3.63) is 34.3 Å². The predicted octanol–water partition coefficient (Wildman–Crippen LogP) is 2.89. The summed E-state index contributed by atoms with van der Waals surface area (Å²) >= 11 is 2.76. The average Bonchev–Trinajstić information content (AvgIpc) is 2.96. The van der Waals surface area contributed by atoms with Crippen molar-refractivity contribution in [2.45, 2.75) is 36.8 Å². The third kappa shape index (κ3) is 2.78. The molecule has 7 heteroatoms. The lowest BCUT2D eigenvalue weighted by atomic mass is 10.1. The number of rotatable bonds is 3. The van der Waals surface area contributed by atoms with Gasteiger partial charge in [-0.2, -0.15) is 0 Å². The number of anilines is 1. The van der Waals surface area contributed by atoms with Crippen LogP contribution in [0, 0.1) is 20.8 Å². The highest BCUT2D eigenvalue weighted by molar-refractivity contribution is 8.02. The topological polar surface area (TPSA) is 63.2 Å². The Morgan fingerprint density at radius 1 is 1.23 bits per heavy atom. The Morgan fingerprint density at radius 2 is 2.00 bits per heavy atom. The van der Waals surface area contributed by atoms with E-state index in [1.54, 1.807) is 0 Å². The minimum atomic E-state index is -0.416. The summed E-state index contributed by atoms with van der Waals surface area (Å²) in [7, 11) is 0. The molecule has 0 N–H and O–H groups in total. The number of aryl methyl sites for hydroxylation is 3. The zero-order chi connectivity index (χ0) is 15.9. The van der Waals surface area contributed by atoms with Crippen LogP contribution in [0.5, 0.6) is 0 Å². The van der Waals surface area contributed by atoms with Crippen molar-refractivity contribution in [3.63, 3.8) is 0 Å². The number of aromatic nitrogens is 2. The normalized spacial score (nSPS) is 18.3. The van der Waals surface area contributed by atoms with E-state index >= 15 is 0 Å². The number of nitrogens with zero attached hydrogens (tertiary/aromatic N) is 3. The molecule has 1 aromatic heterocycles. The summed E-state index contributed by atoms with van der Waals surface area (Å²) in [6, 6.07) is 5.73. The molecule has 0 spiro atoms. The second-order valence-electron chi connectivity index (χ2n) is 5.25. The number of hydrogen-bond donors (Lipinski definition) is 0. The first-order valence-corrected chi connectivity index (χ1v) is 8.56. The third-order valence-corrected chi connectivity index (χ3v) is 5.56. The van der Waals surface area contributed by atoms with Crippen LogP contribution >= 0.6 is 23.1 Å². The lowest BCUT2D eigenvalue weighted by Crippen LogP contribution is -2.31. The molecule has 0 unspecified atom stereocenters. The first-order chi connectivity index (χ1) is 10.5. The van der Waals surface area contributed by atoms with Crippen LogP contribution in [0.25, 0.3) is 0 Å². The zero-order valence-electron chi connectivity index (χ0n) is 12.5. The van der Waals surface area contributed by atoms with E-state index in [0.29, 0.717) is 5.69 Å². The van der Waals surface area contributed by atoms with Crippen LogP contribution in [0.2, 0.25) is 0 Å². The van der Waals surface area contributed by atoms with Crippen molar-refractivity contribution >= 4 is 40.6 Å². The third-order valence-electron chi connectivity index (χ3n) is 3.45. The maximum absolute atomic E-state index is 12.6. The monoisotopic (exact) mass is 333 g/mol. The van der Waals surface area contributed by atoms with Crippen LogP contribution in [0.1, 0.15) is 22.6 Å². The van der Waals surface area contributed by atoms with Gasteiger partial charge in [0, 0.05) is 6.42 Å². The van der Waals surface area contributed by atoms with Crippen LogP contribution in [-0.4, -0.2) is 27.3 Å². The van der Waals surface area contributed by atoms with Gasteiger partial charge in [-0.25, -0.2) is 4.90 Å². The standard InChI is InChI=1S/C15H15N3O2S2/c1-8-4-5-11(9(2)6-8)18-13(19)7-12(14(18)20)22-15-17-16-10(3)21-15/h4-6,12H,7H2,1-3H3/t12-/m0/s1. The van der Waals surface area contributed by atoms with Crippen molar-refractivity contribution < 1.29 is 9.59 Å². The minimum absolute atomic E-state index is 0.157. The Morgan fingerprint density at radius 3 is 2.64 bits per heavy atom. The van der Waals surface area contributed by atoms with Gasteiger partial charge in [-0.3, -0.25) is 9.59 Å². The highest BCUT2D eigenvalue weighted by atomic mass is 32.2. The van der Waals surface area contributed by atoms with Crippen molar-refractivity contribution in [1.29, 1.82) is 0 Å². The summed E-state index contributed by atoms with van der Waals surface area (Å²) < 4.78 is 0.728. The fraction of sp³-hybridized carbons (Fsp3) is 0.333. The van der Waals surface area contributed by atoms with Crippen molar-refractivity contribution in [1.82, 2.24) is 10.2 Å². The second-order valence-corrected chi connectivity index (χ2v) is 7.89. The minimum Gasteiger partial charge on any atom is -0.274 e. The van der Waals surface area contributed by atoms with Gasteiger partial charge in [-0.1, -0.05) is 40.8 Å². The summed E-state index contributed by atoms with van der Waals surface area (Å²) in [5.74, 6) is -0.328. The van der Waals surface area contributed by atoms with Crippen molar-refractivity contribution in [2.24, 2.45) is 0 Å².